The Bertz CT molecular complexity index is 218. The lowest BCUT2D eigenvalue weighted by Gasteiger charge is -1.99. The van der Waals surface area contributed by atoms with Crippen LogP contribution in [0.1, 0.15) is 97.3 Å². The Balaban J connectivity index is 3.05. The molecule has 0 unspecified atom stereocenters. The average molecular weight is 266 g/mol. The van der Waals surface area contributed by atoms with Gasteiger partial charge in [-0.15, -0.1) is 0 Å². The zero-order valence-corrected chi connectivity index (χ0v) is 13.3. The standard InChI is InChI=1S/C18H34O/c1-3-4-5-6-7-8-9-10-11-12-13-14-15-16-17-18(2)19/h8-9H,3-7,10-17H2,1-2H3/b9-8-. The average Bonchev–Trinajstić information content (AvgIpc) is 2.39. The number of allylic oxidation sites excluding steroid dienone is 2. The molecule has 0 rings (SSSR count). The summed E-state index contributed by atoms with van der Waals surface area (Å²) in [6.45, 7) is 3.95. The van der Waals surface area contributed by atoms with Crippen molar-refractivity contribution in [1.82, 2.24) is 0 Å². The van der Waals surface area contributed by atoms with Crippen LogP contribution in [0.4, 0.5) is 0 Å². The van der Waals surface area contributed by atoms with Gasteiger partial charge in [0.2, 0.25) is 0 Å². The van der Waals surface area contributed by atoms with Crippen molar-refractivity contribution >= 4 is 5.78 Å². The van der Waals surface area contributed by atoms with Crippen molar-refractivity contribution in [3.05, 3.63) is 12.2 Å². The summed E-state index contributed by atoms with van der Waals surface area (Å²) in [7, 11) is 0. The summed E-state index contributed by atoms with van der Waals surface area (Å²) in [5, 5.41) is 0. The lowest BCUT2D eigenvalue weighted by Crippen LogP contribution is -1.89. The van der Waals surface area contributed by atoms with E-state index in [9.17, 15) is 4.79 Å². The third-order valence-corrected chi connectivity index (χ3v) is 3.54. The van der Waals surface area contributed by atoms with Crippen molar-refractivity contribution in [2.75, 3.05) is 0 Å². The maximum absolute atomic E-state index is 10.8. The molecule has 0 aliphatic rings. The molecule has 0 heterocycles. The molecular formula is C18H34O. The SMILES string of the molecule is CCCCCC/C=C\CCCCCCCCC(C)=O. The Morgan fingerprint density at radius 3 is 1.74 bits per heavy atom. The molecule has 0 bridgehead atoms. The predicted molar refractivity (Wildman–Crippen MR) is 85.5 cm³/mol. The van der Waals surface area contributed by atoms with E-state index in [1.807, 2.05) is 0 Å². The molecule has 0 spiro atoms. The van der Waals surface area contributed by atoms with Crippen LogP contribution in [-0.2, 0) is 4.79 Å². The Morgan fingerprint density at radius 1 is 0.737 bits per heavy atom. The van der Waals surface area contributed by atoms with Crippen molar-refractivity contribution in [2.24, 2.45) is 0 Å². The Labute approximate surface area is 120 Å². The van der Waals surface area contributed by atoms with Gasteiger partial charge in [0.15, 0.2) is 0 Å². The minimum absolute atomic E-state index is 0.337. The van der Waals surface area contributed by atoms with Gasteiger partial charge in [0.1, 0.15) is 5.78 Å². The third kappa shape index (κ3) is 17.4. The molecule has 112 valence electrons. The van der Waals surface area contributed by atoms with Gasteiger partial charge in [0.25, 0.3) is 0 Å². The fraction of sp³-hybridized carbons (Fsp3) is 0.833. The summed E-state index contributed by atoms with van der Waals surface area (Å²) in [6, 6.07) is 0. The molecule has 0 atom stereocenters. The highest BCUT2D eigenvalue weighted by Crippen LogP contribution is 2.09. The number of ketones is 1. The summed E-state index contributed by atoms with van der Waals surface area (Å²) < 4.78 is 0. The summed E-state index contributed by atoms with van der Waals surface area (Å²) in [5.74, 6) is 0.337. The molecule has 0 aliphatic carbocycles. The third-order valence-electron chi connectivity index (χ3n) is 3.54. The smallest absolute Gasteiger partial charge is 0.129 e. The highest BCUT2D eigenvalue weighted by Gasteiger charge is 1.94. The summed E-state index contributed by atoms with van der Waals surface area (Å²) in [6.07, 6.45) is 21.1. The first-order chi connectivity index (χ1) is 9.27. The fourth-order valence-electron chi connectivity index (χ4n) is 2.27. The molecule has 0 N–H and O–H groups in total. The van der Waals surface area contributed by atoms with E-state index < -0.39 is 0 Å². The largest absolute Gasteiger partial charge is 0.300 e. The van der Waals surface area contributed by atoms with Crippen LogP contribution in [0.15, 0.2) is 12.2 Å². The van der Waals surface area contributed by atoms with Crippen molar-refractivity contribution in [3.63, 3.8) is 0 Å². The highest BCUT2D eigenvalue weighted by atomic mass is 16.1. The maximum Gasteiger partial charge on any atom is 0.129 e. The molecular weight excluding hydrogens is 232 g/mol. The Kier molecular flexibility index (Phi) is 15.0. The molecule has 0 aromatic carbocycles. The van der Waals surface area contributed by atoms with E-state index in [-0.39, 0.29) is 0 Å². The van der Waals surface area contributed by atoms with Crippen LogP contribution in [-0.4, -0.2) is 5.78 Å². The lowest BCUT2D eigenvalue weighted by molar-refractivity contribution is -0.117. The van der Waals surface area contributed by atoms with Crippen LogP contribution in [0.2, 0.25) is 0 Å². The number of unbranched alkanes of at least 4 members (excludes halogenated alkanes) is 10. The van der Waals surface area contributed by atoms with Crippen LogP contribution < -0.4 is 0 Å². The molecule has 1 heteroatoms. The lowest BCUT2D eigenvalue weighted by atomic mass is 10.1. The summed E-state index contributed by atoms with van der Waals surface area (Å²) in [4.78, 5) is 10.8. The molecule has 0 saturated heterocycles. The molecule has 0 aliphatic heterocycles. The first-order valence-electron chi connectivity index (χ1n) is 8.41. The number of rotatable bonds is 14. The van der Waals surface area contributed by atoms with Gasteiger partial charge in [0, 0.05) is 6.42 Å². The molecule has 0 amide bonds. The maximum atomic E-state index is 10.8. The molecule has 1 nitrogen and oxygen atoms in total. The van der Waals surface area contributed by atoms with E-state index in [1.165, 1.54) is 70.6 Å². The molecule has 19 heavy (non-hydrogen) atoms. The van der Waals surface area contributed by atoms with E-state index in [0.29, 0.717) is 5.78 Å². The topological polar surface area (TPSA) is 17.1 Å². The monoisotopic (exact) mass is 266 g/mol. The minimum Gasteiger partial charge on any atom is -0.300 e. The number of carbonyl (C=O) groups is 1. The van der Waals surface area contributed by atoms with Crippen molar-refractivity contribution in [1.29, 1.82) is 0 Å². The number of Topliss-reactive ketones (excluding diaryl/α,β-unsaturated/α-hetero) is 1. The van der Waals surface area contributed by atoms with Crippen molar-refractivity contribution in [2.45, 2.75) is 97.3 Å². The van der Waals surface area contributed by atoms with Crippen LogP contribution in [0, 0.1) is 0 Å². The molecule has 0 fully saturated rings. The molecule has 0 radical (unpaired) electrons. The van der Waals surface area contributed by atoms with Gasteiger partial charge in [0.05, 0.1) is 0 Å². The number of hydrogen-bond acceptors (Lipinski definition) is 1. The first-order valence-corrected chi connectivity index (χ1v) is 8.41. The normalized spacial score (nSPS) is 11.3. The highest BCUT2D eigenvalue weighted by molar-refractivity contribution is 5.75. The van der Waals surface area contributed by atoms with Gasteiger partial charge in [-0.25, -0.2) is 0 Å². The van der Waals surface area contributed by atoms with Gasteiger partial charge in [-0.3, -0.25) is 0 Å². The Morgan fingerprint density at radius 2 is 1.21 bits per heavy atom. The number of carbonyl (C=O) groups excluding carboxylic acids is 1. The molecule has 0 aromatic heterocycles. The Hall–Kier alpha value is -0.590. The van der Waals surface area contributed by atoms with E-state index in [0.717, 1.165) is 12.8 Å². The van der Waals surface area contributed by atoms with E-state index in [2.05, 4.69) is 19.1 Å². The summed E-state index contributed by atoms with van der Waals surface area (Å²) >= 11 is 0. The van der Waals surface area contributed by atoms with E-state index in [4.69, 9.17) is 0 Å². The predicted octanol–water partition coefficient (Wildman–Crippen LogP) is 6.22. The first kappa shape index (κ1) is 18.4. The number of hydrogen-bond donors (Lipinski definition) is 0. The minimum atomic E-state index is 0.337. The zero-order valence-electron chi connectivity index (χ0n) is 13.3. The summed E-state index contributed by atoms with van der Waals surface area (Å²) in [5.41, 5.74) is 0. The van der Waals surface area contributed by atoms with Gasteiger partial charge < -0.3 is 4.79 Å². The second-order valence-electron chi connectivity index (χ2n) is 5.68. The van der Waals surface area contributed by atoms with Gasteiger partial charge in [-0.2, -0.15) is 0 Å². The van der Waals surface area contributed by atoms with Crippen LogP contribution in [0.5, 0.6) is 0 Å². The van der Waals surface area contributed by atoms with E-state index >= 15 is 0 Å². The second kappa shape index (κ2) is 15.5. The zero-order chi connectivity index (χ0) is 14.2. The van der Waals surface area contributed by atoms with Crippen LogP contribution >= 0.6 is 0 Å². The van der Waals surface area contributed by atoms with Gasteiger partial charge in [-0.1, -0.05) is 64.0 Å². The fourth-order valence-corrected chi connectivity index (χ4v) is 2.27. The van der Waals surface area contributed by atoms with Crippen molar-refractivity contribution < 1.29 is 4.79 Å². The van der Waals surface area contributed by atoms with Crippen molar-refractivity contribution in [3.8, 4) is 0 Å². The van der Waals surface area contributed by atoms with E-state index in [1.54, 1.807) is 6.92 Å². The van der Waals surface area contributed by atoms with Gasteiger partial charge in [-0.05, 0) is 39.0 Å². The quantitative estimate of drug-likeness (QED) is 0.269. The van der Waals surface area contributed by atoms with Crippen LogP contribution in [0.25, 0.3) is 0 Å². The van der Waals surface area contributed by atoms with Crippen LogP contribution in [0.3, 0.4) is 0 Å². The second-order valence-corrected chi connectivity index (χ2v) is 5.68. The molecule has 0 aromatic rings. The molecule has 0 saturated carbocycles. The van der Waals surface area contributed by atoms with Gasteiger partial charge >= 0.3 is 0 Å².